The lowest BCUT2D eigenvalue weighted by Gasteiger charge is -2.27. The highest BCUT2D eigenvalue weighted by molar-refractivity contribution is 5.65. The monoisotopic (exact) mass is 221 g/mol. The van der Waals surface area contributed by atoms with Gasteiger partial charge >= 0.3 is 12.4 Å². The van der Waals surface area contributed by atoms with Gasteiger partial charge in [-0.2, -0.15) is 26.3 Å². The molecule has 0 radical (unpaired) electrons. The summed E-state index contributed by atoms with van der Waals surface area (Å²) in [5.41, 5.74) is 0. The van der Waals surface area contributed by atoms with Crippen molar-refractivity contribution in [1.29, 1.82) is 0 Å². The Hall–Kier alpha value is -0.790. The molecule has 1 rings (SSSR count). The zero-order chi connectivity index (χ0) is 11.0. The van der Waals surface area contributed by atoms with E-state index in [1.54, 1.807) is 0 Å². The lowest BCUT2D eigenvalue weighted by Crippen LogP contribution is -2.46. The molecule has 0 fully saturated rings. The normalized spacial score (nSPS) is 29.3. The van der Waals surface area contributed by atoms with Crippen LogP contribution < -0.4 is 0 Å². The van der Waals surface area contributed by atoms with Gasteiger partial charge in [0.25, 0.3) is 0 Å². The zero-order valence-electron chi connectivity index (χ0n) is 6.56. The van der Waals surface area contributed by atoms with E-state index < -0.39 is 31.1 Å². The number of rotatable bonds is 0. The maximum absolute atomic E-state index is 11.9. The molecule has 14 heavy (non-hydrogen) atoms. The molecule has 0 saturated heterocycles. The summed E-state index contributed by atoms with van der Waals surface area (Å²) in [6, 6.07) is 0. The molecule has 0 spiro atoms. The Kier molecular flexibility index (Phi) is 2.75. The summed E-state index contributed by atoms with van der Waals surface area (Å²) in [6.45, 7) is -0.823. The van der Waals surface area contributed by atoms with Gasteiger partial charge in [0, 0.05) is 6.21 Å². The minimum Gasteiger partial charge on any atom is -0.348 e. The van der Waals surface area contributed by atoms with Gasteiger partial charge in [0.15, 0.2) is 12.2 Å². The Morgan fingerprint density at radius 1 is 1.07 bits per heavy atom. The van der Waals surface area contributed by atoms with Gasteiger partial charge in [-0.25, -0.2) is 0 Å². The highest BCUT2D eigenvalue weighted by Gasteiger charge is 2.49. The number of halogens is 6. The van der Waals surface area contributed by atoms with Crippen molar-refractivity contribution in [2.24, 2.45) is 4.99 Å². The first kappa shape index (κ1) is 11.3. The lowest BCUT2D eigenvalue weighted by atomic mass is 10.2. The Morgan fingerprint density at radius 2 is 1.64 bits per heavy atom. The summed E-state index contributed by atoms with van der Waals surface area (Å²) >= 11 is 0. The molecule has 2 atom stereocenters. The first-order chi connectivity index (χ1) is 6.21. The molecule has 0 aromatic rings. The molecule has 0 aromatic carbocycles. The minimum atomic E-state index is -4.85. The van der Waals surface area contributed by atoms with Gasteiger partial charge in [-0.05, 0) is 0 Å². The first-order valence-electron chi connectivity index (χ1n) is 3.50. The quantitative estimate of drug-likeness (QED) is 0.573. The van der Waals surface area contributed by atoms with E-state index >= 15 is 0 Å². The van der Waals surface area contributed by atoms with Gasteiger partial charge in [-0.1, -0.05) is 0 Å². The summed E-state index contributed by atoms with van der Waals surface area (Å²) in [5, 5.41) is 0. The number of ether oxygens (including phenoxy) is 1. The Bertz CT molecular complexity index is 231. The van der Waals surface area contributed by atoms with Gasteiger partial charge in [0.05, 0.1) is 6.54 Å². The maximum Gasteiger partial charge on any atom is 0.419 e. The lowest BCUT2D eigenvalue weighted by molar-refractivity contribution is -0.268. The molecular weight excluding hydrogens is 216 g/mol. The van der Waals surface area contributed by atoms with Crippen LogP contribution in [0, 0.1) is 0 Å². The Labute approximate surface area is 74.6 Å². The number of nitrogens with zero attached hydrogens (tertiary/aromatic N) is 1. The van der Waals surface area contributed by atoms with Crippen LogP contribution in [0.5, 0.6) is 0 Å². The summed E-state index contributed by atoms with van der Waals surface area (Å²) in [5.74, 6) is 0. The predicted molar refractivity (Wildman–Crippen MR) is 34.1 cm³/mol. The number of hydrogen-bond acceptors (Lipinski definition) is 2. The van der Waals surface area contributed by atoms with Crippen molar-refractivity contribution < 1.29 is 31.1 Å². The second kappa shape index (κ2) is 3.41. The van der Waals surface area contributed by atoms with Crippen molar-refractivity contribution in [3.05, 3.63) is 0 Å². The smallest absolute Gasteiger partial charge is 0.348 e. The zero-order valence-corrected chi connectivity index (χ0v) is 6.56. The predicted octanol–water partition coefficient (Wildman–Crippen LogP) is 1.95. The largest absolute Gasteiger partial charge is 0.419 e. The number of aliphatic imine (C=N–C) groups is 1. The van der Waals surface area contributed by atoms with Crippen LogP contribution in [0.25, 0.3) is 0 Å². The van der Waals surface area contributed by atoms with Crippen molar-refractivity contribution in [2.75, 3.05) is 6.54 Å². The van der Waals surface area contributed by atoms with E-state index in [4.69, 9.17) is 0 Å². The topological polar surface area (TPSA) is 21.6 Å². The van der Waals surface area contributed by atoms with Crippen molar-refractivity contribution in [1.82, 2.24) is 0 Å². The van der Waals surface area contributed by atoms with E-state index in [1.807, 2.05) is 0 Å². The first-order valence-corrected chi connectivity index (χ1v) is 3.50. The fraction of sp³-hybridized carbons (Fsp3) is 0.833. The van der Waals surface area contributed by atoms with E-state index in [-0.39, 0.29) is 0 Å². The standard InChI is InChI=1S/C6H5F6NO/c7-5(8,9)3-1-13-2-4(14-3)6(10,11)12/h1,3-4H,2H2. The van der Waals surface area contributed by atoms with E-state index in [0.717, 1.165) is 0 Å². The second-order valence-electron chi connectivity index (χ2n) is 2.64. The van der Waals surface area contributed by atoms with Crippen molar-refractivity contribution in [3.63, 3.8) is 0 Å². The van der Waals surface area contributed by atoms with Crippen molar-refractivity contribution >= 4 is 6.21 Å². The molecule has 0 amide bonds. The molecule has 2 unspecified atom stereocenters. The van der Waals surface area contributed by atoms with E-state index in [1.165, 1.54) is 0 Å². The van der Waals surface area contributed by atoms with E-state index in [9.17, 15) is 26.3 Å². The second-order valence-corrected chi connectivity index (χ2v) is 2.64. The summed E-state index contributed by atoms with van der Waals surface area (Å²) < 4.78 is 75.4. The average Bonchev–Trinajstić information content (AvgIpc) is 2.01. The van der Waals surface area contributed by atoms with Crippen LogP contribution in [0.15, 0.2) is 4.99 Å². The number of alkyl halides is 6. The summed E-state index contributed by atoms with van der Waals surface area (Å²) in [4.78, 5) is 2.98. The molecule has 1 heterocycles. The molecule has 2 nitrogen and oxygen atoms in total. The molecule has 0 aromatic heterocycles. The molecule has 0 N–H and O–H groups in total. The number of hydrogen-bond donors (Lipinski definition) is 0. The fourth-order valence-corrected chi connectivity index (χ4v) is 0.850. The fourth-order valence-electron chi connectivity index (χ4n) is 0.850. The van der Waals surface area contributed by atoms with Gasteiger partial charge < -0.3 is 4.74 Å². The average molecular weight is 221 g/mol. The van der Waals surface area contributed by atoms with Crippen LogP contribution in [0.3, 0.4) is 0 Å². The van der Waals surface area contributed by atoms with Crippen molar-refractivity contribution in [2.45, 2.75) is 24.6 Å². The third-order valence-electron chi connectivity index (χ3n) is 1.51. The van der Waals surface area contributed by atoms with Crippen LogP contribution in [0.2, 0.25) is 0 Å². The highest BCUT2D eigenvalue weighted by Crippen LogP contribution is 2.31. The van der Waals surface area contributed by atoms with E-state index in [2.05, 4.69) is 9.73 Å². The Balaban J connectivity index is 2.71. The summed E-state index contributed by atoms with van der Waals surface area (Å²) in [6.07, 6.45) is -14.4. The van der Waals surface area contributed by atoms with Crippen LogP contribution in [0.1, 0.15) is 0 Å². The molecule has 8 heteroatoms. The van der Waals surface area contributed by atoms with E-state index in [0.29, 0.717) is 6.21 Å². The minimum absolute atomic E-state index is 0.336. The van der Waals surface area contributed by atoms with Crippen LogP contribution in [-0.4, -0.2) is 37.3 Å². The van der Waals surface area contributed by atoms with Crippen LogP contribution in [0.4, 0.5) is 26.3 Å². The molecular formula is C6H5F6NO. The molecule has 1 aliphatic heterocycles. The molecule has 1 aliphatic rings. The highest BCUT2D eigenvalue weighted by atomic mass is 19.4. The third kappa shape index (κ3) is 2.60. The van der Waals surface area contributed by atoms with Gasteiger partial charge in [-0.15, -0.1) is 0 Å². The van der Waals surface area contributed by atoms with Crippen LogP contribution >= 0.6 is 0 Å². The van der Waals surface area contributed by atoms with Gasteiger partial charge in [0.2, 0.25) is 0 Å². The molecule has 0 bridgehead atoms. The maximum atomic E-state index is 11.9. The molecule has 0 aliphatic carbocycles. The van der Waals surface area contributed by atoms with Crippen LogP contribution in [-0.2, 0) is 4.74 Å². The Morgan fingerprint density at radius 3 is 2.07 bits per heavy atom. The SMILES string of the molecule is FC(F)(F)C1C=NCC(C(F)(F)F)O1. The summed E-state index contributed by atoms with van der Waals surface area (Å²) in [7, 11) is 0. The third-order valence-corrected chi connectivity index (χ3v) is 1.51. The molecule has 0 saturated carbocycles. The van der Waals surface area contributed by atoms with Gasteiger partial charge in [-0.3, -0.25) is 4.99 Å². The van der Waals surface area contributed by atoms with Crippen molar-refractivity contribution in [3.8, 4) is 0 Å². The molecule has 82 valence electrons. The van der Waals surface area contributed by atoms with Gasteiger partial charge in [0.1, 0.15) is 0 Å².